The molecule has 0 aromatic carbocycles. The summed E-state index contributed by atoms with van der Waals surface area (Å²) in [7, 11) is 0. The maximum Gasteiger partial charge on any atom is 0.246 e. The molecule has 0 atom stereocenters. The monoisotopic (exact) mass is 281 g/mol. The normalized spacial score (nSPS) is 11.6. The molecular formula is C15H15N5O. The molecule has 0 aliphatic carbocycles. The van der Waals surface area contributed by atoms with Gasteiger partial charge in [-0.2, -0.15) is 4.98 Å². The number of pyridine rings is 2. The summed E-state index contributed by atoms with van der Waals surface area (Å²) >= 11 is 0. The fourth-order valence-electron chi connectivity index (χ4n) is 1.80. The minimum absolute atomic E-state index is 0.383. The van der Waals surface area contributed by atoms with Crippen LogP contribution in [0.2, 0.25) is 0 Å². The third kappa shape index (κ3) is 2.80. The van der Waals surface area contributed by atoms with Crippen molar-refractivity contribution in [3.05, 3.63) is 48.6 Å². The molecule has 6 heteroatoms. The number of hydrogen-bond acceptors (Lipinski definition) is 6. The molecule has 0 aliphatic rings. The largest absolute Gasteiger partial charge is 0.337 e. The van der Waals surface area contributed by atoms with Crippen molar-refractivity contribution in [2.75, 3.05) is 0 Å². The molecule has 3 rings (SSSR count). The molecule has 3 aromatic heterocycles. The minimum Gasteiger partial charge on any atom is -0.337 e. The lowest BCUT2D eigenvalue weighted by Crippen LogP contribution is -2.28. The number of aromatic nitrogens is 4. The molecule has 0 radical (unpaired) electrons. The summed E-state index contributed by atoms with van der Waals surface area (Å²) in [6.07, 6.45) is 3.49. The van der Waals surface area contributed by atoms with Gasteiger partial charge in [-0.05, 0) is 38.1 Å². The molecule has 3 aromatic rings. The van der Waals surface area contributed by atoms with E-state index in [9.17, 15) is 0 Å². The van der Waals surface area contributed by atoms with E-state index >= 15 is 0 Å². The van der Waals surface area contributed by atoms with E-state index in [-0.39, 0.29) is 0 Å². The van der Waals surface area contributed by atoms with Gasteiger partial charge in [0.25, 0.3) is 0 Å². The van der Waals surface area contributed by atoms with Gasteiger partial charge in [0, 0.05) is 18.0 Å². The van der Waals surface area contributed by atoms with Gasteiger partial charge < -0.3 is 10.3 Å². The predicted molar refractivity (Wildman–Crippen MR) is 78.0 cm³/mol. The maximum atomic E-state index is 5.92. The highest BCUT2D eigenvalue weighted by Gasteiger charge is 2.23. The van der Waals surface area contributed by atoms with E-state index in [0.717, 1.165) is 11.3 Å². The Bertz CT molecular complexity index is 729. The maximum absolute atomic E-state index is 5.92. The highest BCUT2D eigenvalue weighted by molar-refractivity contribution is 5.60. The van der Waals surface area contributed by atoms with E-state index in [0.29, 0.717) is 17.4 Å². The summed E-state index contributed by atoms with van der Waals surface area (Å²) in [6, 6.07) is 9.50. The highest BCUT2D eigenvalue weighted by atomic mass is 16.5. The van der Waals surface area contributed by atoms with Crippen molar-refractivity contribution in [3.63, 3.8) is 0 Å². The lowest BCUT2D eigenvalue weighted by atomic mass is 10.1. The van der Waals surface area contributed by atoms with Crippen LogP contribution in [0.15, 0.2) is 47.2 Å². The zero-order chi connectivity index (χ0) is 14.9. The van der Waals surface area contributed by atoms with Crippen molar-refractivity contribution in [2.45, 2.75) is 19.4 Å². The standard InChI is InChI=1S/C15H15N5O/c1-15(2,16)14-19-13(20-21-14)12-7-6-10(9-18-12)11-5-3-4-8-17-11/h3-9H,16H2,1-2H3. The minimum atomic E-state index is -0.668. The first kappa shape index (κ1) is 13.4. The zero-order valence-corrected chi connectivity index (χ0v) is 11.8. The molecule has 0 spiro atoms. The van der Waals surface area contributed by atoms with Crippen molar-refractivity contribution >= 4 is 0 Å². The summed E-state index contributed by atoms with van der Waals surface area (Å²) < 4.78 is 5.16. The van der Waals surface area contributed by atoms with Crippen LogP contribution >= 0.6 is 0 Å². The molecule has 106 valence electrons. The molecule has 0 saturated heterocycles. The number of nitrogens with zero attached hydrogens (tertiary/aromatic N) is 4. The van der Waals surface area contributed by atoms with Crippen LogP contribution in [0.5, 0.6) is 0 Å². The Morgan fingerprint density at radius 3 is 2.48 bits per heavy atom. The van der Waals surface area contributed by atoms with Crippen molar-refractivity contribution in [1.82, 2.24) is 20.1 Å². The average molecular weight is 281 g/mol. The van der Waals surface area contributed by atoms with Gasteiger partial charge in [-0.1, -0.05) is 11.2 Å². The lowest BCUT2D eigenvalue weighted by Gasteiger charge is -2.10. The second-order valence-electron chi connectivity index (χ2n) is 5.29. The van der Waals surface area contributed by atoms with Crippen molar-refractivity contribution < 1.29 is 4.52 Å². The third-order valence-corrected chi connectivity index (χ3v) is 2.93. The zero-order valence-electron chi connectivity index (χ0n) is 11.8. The Labute approximate surface area is 122 Å². The first-order valence-corrected chi connectivity index (χ1v) is 6.55. The molecule has 6 nitrogen and oxygen atoms in total. The molecule has 0 amide bonds. The predicted octanol–water partition coefficient (Wildman–Crippen LogP) is 2.39. The van der Waals surface area contributed by atoms with Gasteiger partial charge in [0.2, 0.25) is 11.7 Å². The highest BCUT2D eigenvalue weighted by Crippen LogP contribution is 2.21. The number of hydrogen-bond donors (Lipinski definition) is 1. The van der Waals surface area contributed by atoms with Crippen molar-refractivity contribution in [3.8, 4) is 22.8 Å². The summed E-state index contributed by atoms with van der Waals surface area (Å²) in [4.78, 5) is 12.9. The van der Waals surface area contributed by atoms with E-state index in [1.807, 2.05) is 44.2 Å². The van der Waals surface area contributed by atoms with Gasteiger partial charge in [0.05, 0.1) is 11.2 Å². The summed E-state index contributed by atoms with van der Waals surface area (Å²) in [5.74, 6) is 0.809. The van der Waals surface area contributed by atoms with Crippen molar-refractivity contribution in [2.24, 2.45) is 5.73 Å². The molecule has 0 aliphatic heterocycles. The van der Waals surface area contributed by atoms with E-state index in [1.54, 1.807) is 12.4 Å². The van der Waals surface area contributed by atoms with Crippen LogP contribution in [-0.2, 0) is 5.54 Å². The Morgan fingerprint density at radius 2 is 1.90 bits per heavy atom. The van der Waals surface area contributed by atoms with E-state index < -0.39 is 5.54 Å². The van der Waals surface area contributed by atoms with Crippen molar-refractivity contribution in [1.29, 1.82) is 0 Å². The van der Waals surface area contributed by atoms with E-state index in [4.69, 9.17) is 10.3 Å². The fraction of sp³-hybridized carbons (Fsp3) is 0.200. The first-order valence-electron chi connectivity index (χ1n) is 6.55. The SMILES string of the molecule is CC(C)(N)c1nc(-c2ccc(-c3ccccn3)cn2)no1. The van der Waals surface area contributed by atoms with Crippen LogP contribution in [0.1, 0.15) is 19.7 Å². The topological polar surface area (TPSA) is 90.7 Å². The fourth-order valence-corrected chi connectivity index (χ4v) is 1.80. The van der Waals surface area contributed by atoms with Gasteiger partial charge in [0.1, 0.15) is 5.69 Å². The van der Waals surface area contributed by atoms with Gasteiger partial charge in [0.15, 0.2) is 0 Å². The number of nitrogens with two attached hydrogens (primary N) is 1. The average Bonchev–Trinajstić information content (AvgIpc) is 2.98. The Hall–Kier alpha value is -2.60. The summed E-state index contributed by atoms with van der Waals surface area (Å²) in [6.45, 7) is 3.61. The van der Waals surface area contributed by atoms with Crippen LogP contribution in [0.25, 0.3) is 22.8 Å². The van der Waals surface area contributed by atoms with E-state index in [1.165, 1.54) is 0 Å². The van der Waals surface area contributed by atoms with Gasteiger partial charge >= 0.3 is 0 Å². The Kier molecular flexibility index (Phi) is 3.23. The van der Waals surface area contributed by atoms with Crippen LogP contribution in [0, 0.1) is 0 Å². The molecule has 0 fully saturated rings. The lowest BCUT2D eigenvalue weighted by molar-refractivity contribution is 0.312. The van der Waals surface area contributed by atoms with E-state index in [2.05, 4.69) is 20.1 Å². The second kappa shape index (κ2) is 5.06. The molecule has 0 unspecified atom stereocenters. The number of rotatable bonds is 3. The second-order valence-corrected chi connectivity index (χ2v) is 5.29. The van der Waals surface area contributed by atoms with Gasteiger partial charge in [-0.25, -0.2) is 0 Å². The molecule has 0 bridgehead atoms. The van der Waals surface area contributed by atoms with Crippen LogP contribution < -0.4 is 5.73 Å². The van der Waals surface area contributed by atoms with Gasteiger partial charge in [-0.15, -0.1) is 0 Å². The Morgan fingerprint density at radius 1 is 1.05 bits per heavy atom. The third-order valence-electron chi connectivity index (χ3n) is 2.93. The molecule has 0 saturated carbocycles. The van der Waals surface area contributed by atoms with Crippen LogP contribution in [-0.4, -0.2) is 20.1 Å². The smallest absolute Gasteiger partial charge is 0.246 e. The van der Waals surface area contributed by atoms with Crippen LogP contribution in [0.3, 0.4) is 0 Å². The Balaban J connectivity index is 1.89. The van der Waals surface area contributed by atoms with Crippen LogP contribution in [0.4, 0.5) is 0 Å². The van der Waals surface area contributed by atoms with Gasteiger partial charge in [-0.3, -0.25) is 9.97 Å². The molecular weight excluding hydrogens is 266 g/mol. The molecule has 21 heavy (non-hydrogen) atoms. The summed E-state index contributed by atoms with van der Waals surface area (Å²) in [5.41, 5.74) is 7.69. The molecule has 2 N–H and O–H groups in total. The summed E-state index contributed by atoms with van der Waals surface area (Å²) in [5, 5.41) is 3.91. The quantitative estimate of drug-likeness (QED) is 0.792. The molecule has 3 heterocycles. The first-order chi connectivity index (χ1) is 10.0.